The molecule has 0 radical (unpaired) electrons. The fraction of sp³-hybridized carbons (Fsp3) is 0.316. The van der Waals surface area contributed by atoms with Gasteiger partial charge in [0, 0.05) is 26.2 Å². The van der Waals surface area contributed by atoms with E-state index < -0.39 is 32.6 Å². The van der Waals surface area contributed by atoms with Crippen molar-refractivity contribution in [3.63, 3.8) is 0 Å². The standard InChI is InChI=1S/C19H18Cl2F3N3O3S/c20-14-5-3-6-15(21)18(14)25-17(28)12-26-8-10-27(11-9-26)31(29,30)16-7-2-1-4-13(16)19(22,23)24/h1-7H,8-12H2,(H,25,28). The first-order valence-corrected chi connectivity index (χ1v) is 11.3. The molecule has 0 spiro atoms. The van der Waals surface area contributed by atoms with Gasteiger partial charge in [0.1, 0.15) is 0 Å². The number of piperazine rings is 1. The number of amides is 1. The van der Waals surface area contributed by atoms with E-state index in [9.17, 15) is 26.4 Å². The summed E-state index contributed by atoms with van der Waals surface area (Å²) in [7, 11) is -4.34. The summed E-state index contributed by atoms with van der Waals surface area (Å²) in [6.45, 7) is 0.214. The summed E-state index contributed by atoms with van der Waals surface area (Å²) in [6, 6.07) is 8.87. The minimum Gasteiger partial charge on any atom is -0.322 e. The molecule has 0 aliphatic carbocycles. The third-order valence-corrected chi connectivity index (χ3v) is 7.32. The molecule has 1 fully saturated rings. The molecule has 0 unspecified atom stereocenters. The second kappa shape index (κ2) is 9.33. The van der Waals surface area contributed by atoms with E-state index in [1.165, 1.54) is 6.07 Å². The monoisotopic (exact) mass is 495 g/mol. The van der Waals surface area contributed by atoms with Gasteiger partial charge in [-0.25, -0.2) is 8.42 Å². The Balaban J connectivity index is 1.64. The van der Waals surface area contributed by atoms with Crippen molar-refractivity contribution in [1.82, 2.24) is 9.21 Å². The lowest BCUT2D eigenvalue weighted by Gasteiger charge is -2.34. The Morgan fingerprint density at radius 1 is 0.968 bits per heavy atom. The molecule has 168 valence electrons. The fourth-order valence-electron chi connectivity index (χ4n) is 3.19. The molecule has 0 saturated carbocycles. The van der Waals surface area contributed by atoms with Crippen LogP contribution in [0.25, 0.3) is 0 Å². The van der Waals surface area contributed by atoms with Crippen LogP contribution in [0.2, 0.25) is 10.0 Å². The van der Waals surface area contributed by atoms with Crippen molar-refractivity contribution >= 4 is 44.8 Å². The highest BCUT2D eigenvalue weighted by atomic mass is 35.5. The van der Waals surface area contributed by atoms with Gasteiger partial charge in [0.05, 0.1) is 32.7 Å². The van der Waals surface area contributed by atoms with Gasteiger partial charge in [0.2, 0.25) is 15.9 Å². The van der Waals surface area contributed by atoms with E-state index in [0.717, 1.165) is 22.5 Å². The molecule has 1 N–H and O–H groups in total. The van der Waals surface area contributed by atoms with Crippen molar-refractivity contribution in [3.8, 4) is 0 Å². The van der Waals surface area contributed by atoms with Crippen LogP contribution < -0.4 is 5.32 Å². The van der Waals surface area contributed by atoms with Gasteiger partial charge in [-0.05, 0) is 24.3 Å². The molecular formula is C19H18Cl2F3N3O3S. The molecule has 3 rings (SSSR count). The van der Waals surface area contributed by atoms with Gasteiger partial charge < -0.3 is 5.32 Å². The second-order valence-electron chi connectivity index (χ2n) is 6.82. The van der Waals surface area contributed by atoms with Gasteiger partial charge in [0.25, 0.3) is 0 Å². The molecule has 6 nitrogen and oxygen atoms in total. The summed E-state index contributed by atoms with van der Waals surface area (Å²) in [5.41, 5.74) is -0.922. The first kappa shape index (κ1) is 23.8. The number of carbonyl (C=O) groups is 1. The molecule has 2 aromatic rings. The van der Waals surface area contributed by atoms with Gasteiger partial charge >= 0.3 is 6.18 Å². The Hall–Kier alpha value is -1.85. The van der Waals surface area contributed by atoms with Crippen LogP contribution in [-0.4, -0.2) is 56.3 Å². The Morgan fingerprint density at radius 2 is 1.55 bits per heavy atom. The molecule has 1 aliphatic rings. The van der Waals surface area contributed by atoms with E-state index in [0.29, 0.717) is 0 Å². The summed E-state index contributed by atoms with van der Waals surface area (Å²) in [5, 5.41) is 3.17. The van der Waals surface area contributed by atoms with Crippen LogP contribution in [0.15, 0.2) is 47.4 Å². The van der Waals surface area contributed by atoms with Crippen molar-refractivity contribution in [2.75, 3.05) is 38.0 Å². The predicted molar refractivity (Wildman–Crippen MR) is 112 cm³/mol. The van der Waals surface area contributed by atoms with Crippen LogP contribution in [0, 0.1) is 0 Å². The third kappa shape index (κ3) is 5.50. The maximum absolute atomic E-state index is 13.2. The van der Waals surface area contributed by atoms with Crippen molar-refractivity contribution in [2.24, 2.45) is 0 Å². The summed E-state index contributed by atoms with van der Waals surface area (Å²) in [6.07, 6.45) is -4.79. The normalized spacial score (nSPS) is 16.3. The smallest absolute Gasteiger partial charge is 0.322 e. The average molecular weight is 496 g/mol. The number of nitrogens with one attached hydrogen (secondary N) is 1. The molecule has 0 bridgehead atoms. The summed E-state index contributed by atoms with van der Waals surface area (Å²) in [4.78, 5) is 13.2. The lowest BCUT2D eigenvalue weighted by atomic mass is 10.2. The van der Waals surface area contributed by atoms with Gasteiger partial charge in [-0.3, -0.25) is 9.69 Å². The number of anilines is 1. The molecule has 0 atom stereocenters. The number of alkyl halides is 3. The lowest BCUT2D eigenvalue weighted by molar-refractivity contribution is -0.140. The van der Waals surface area contributed by atoms with E-state index in [4.69, 9.17) is 23.2 Å². The zero-order chi connectivity index (χ0) is 22.8. The highest BCUT2D eigenvalue weighted by molar-refractivity contribution is 7.89. The number of carbonyl (C=O) groups excluding carboxylic acids is 1. The van der Waals surface area contributed by atoms with Crippen LogP contribution in [0.3, 0.4) is 0 Å². The first-order valence-electron chi connectivity index (χ1n) is 9.13. The molecule has 1 aliphatic heterocycles. The Labute approximate surface area is 187 Å². The van der Waals surface area contributed by atoms with Gasteiger partial charge in [-0.15, -0.1) is 0 Å². The highest BCUT2D eigenvalue weighted by Gasteiger charge is 2.39. The van der Waals surface area contributed by atoms with Crippen LogP contribution >= 0.6 is 23.2 Å². The van der Waals surface area contributed by atoms with E-state index in [2.05, 4.69) is 5.32 Å². The van der Waals surface area contributed by atoms with Crippen molar-refractivity contribution in [1.29, 1.82) is 0 Å². The van der Waals surface area contributed by atoms with Crippen LogP contribution in [-0.2, 0) is 21.0 Å². The number of para-hydroxylation sites is 1. The summed E-state index contributed by atoms with van der Waals surface area (Å²) in [5.74, 6) is -0.395. The van der Waals surface area contributed by atoms with Crippen LogP contribution in [0.1, 0.15) is 5.56 Å². The molecule has 1 heterocycles. The number of benzene rings is 2. The average Bonchev–Trinajstić information content (AvgIpc) is 2.71. The number of halogens is 5. The number of rotatable bonds is 5. The molecule has 1 amide bonds. The number of hydrogen-bond acceptors (Lipinski definition) is 4. The maximum atomic E-state index is 13.2. The van der Waals surface area contributed by atoms with E-state index in [1.807, 2.05) is 0 Å². The summed E-state index contributed by atoms with van der Waals surface area (Å²) < 4.78 is 66.3. The molecule has 0 aromatic heterocycles. The first-order chi connectivity index (χ1) is 14.5. The van der Waals surface area contributed by atoms with Crippen molar-refractivity contribution < 1.29 is 26.4 Å². The SMILES string of the molecule is O=C(CN1CCN(S(=O)(=O)c2ccccc2C(F)(F)F)CC1)Nc1c(Cl)cccc1Cl. The maximum Gasteiger partial charge on any atom is 0.417 e. The molecule has 12 heteroatoms. The Bertz CT molecular complexity index is 1050. The number of hydrogen-bond donors (Lipinski definition) is 1. The van der Waals surface area contributed by atoms with E-state index in [1.54, 1.807) is 23.1 Å². The van der Waals surface area contributed by atoms with Gasteiger partial charge in [0.15, 0.2) is 0 Å². The highest BCUT2D eigenvalue weighted by Crippen LogP contribution is 2.35. The zero-order valence-corrected chi connectivity index (χ0v) is 18.3. The summed E-state index contributed by atoms with van der Waals surface area (Å²) >= 11 is 12.0. The van der Waals surface area contributed by atoms with Crippen LogP contribution in [0.5, 0.6) is 0 Å². The lowest BCUT2D eigenvalue weighted by Crippen LogP contribution is -2.50. The minimum atomic E-state index is -4.79. The Morgan fingerprint density at radius 3 is 2.13 bits per heavy atom. The molecule has 31 heavy (non-hydrogen) atoms. The third-order valence-electron chi connectivity index (χ3n) is 4.74. The van der Waals surface area contributed by atoms with Crippen molar-refractivity contribution in [3.05, 3.63) is 58.1 Å². The van der Waals surface area contributed by atoms with Crippen molar-refractivity contribution in [2.45, 2.75) is 11.1 Å². The minimum absolute atomic E-state index is 0.0470. The van der Waals surface area contributed by atoms with Gasteiger partial charge in [-0.1, -0.05) is 41.4 Å². The largest absolute Gasteiger partial charge is 0.417 e. The molecule has 2 aromatic carbocycles. The van der Waals surface area contributed by atoms with E-state index >= 15 is 0 Å². The van der Waals surface area contributed by atoms with Crippen LogP contribution in [0.4, 0.5) is 18.9 Å². The topological polar surface area (TPSA) is 69.7 Å². The quantitative estimate of drug-likeness (QED) is 0.681. The molecular weight excluding hydrogens is 478 g/mol. The number of sulfonamides is 1. The zero-order valence-electron chi connectivity index (χ0n) is 16.0. The van der Waals surface area contributed by atoms with Gasteiger partial charge in [-0.2, -0.15) is 17.5 Å². The van der Waals surface area contributed by atoms with E-state index in [-0.39, 0.29) is 48.5 Å². The fourth-order valence-corrected chi connectivity index (χ4v) is 5.32. The number of nitrogens with zero attached hydrogens (tertiary/aromatic N) is 2. The predicted octanol–water partition coefficient (Wildman–Crippen LogP) is 3.96. The second-order valence-corrected chi connectivity index (χ2v) is 9.54. The molecule has 1 saturated heterocycles. The Kier molecular flexibility index (Phi) is 7.17.